The number of halogens is 2. The molecule has 4 amide bonds. The van der Waals surface area contributed by atoms with Gasteiger partial charge >= 0.3 is 7.12 Å². The van der Waals surface area contributed by atoms with E-state index in [2.05, 4.69) is 10.6 Å². The van der Waals surface area contributed by atoms with E-state index in [1.54, 1.807) is 28.2 Å². The number of nitrogens with one attached hydrogen (secondary N) is 2. The summed E-state index contributed by atoms with van der Waals surface area (Å²) >= 11 is 12.0. The standard InChI is InChI=1S/C24H35BCl2N4O7/c1-15(2)11-19(29-20(32)13-28-24(36)17-12-16(26)7-8-18(17)27)25(37-14-22(34)31(5)6)38-23(35)10-9-21(33)30(3)4/h7-8,12,15,19H,9-11,13-14H2,1-6H3,(H,28,36)(H,29,32)/t19-/m0/s1. The van der Waals surface area contributed by atoms with Crippen LogP contribution < -0.4 is 10.6 Å². The highest BCUT2D eigenvalue weighted by atomic mass is 35.5. The van der Waals surface area contributed by atoms with Gasteiger partial charge in [0.25, 0.3) is 11.9 Å². The Morgan fingerprint density at radius 2 is 1.61 bits per heavy atom. The van der Waals surface area contributed by atoms with E-state index in [9.17, 15) is 24.0 Å². The zero-order chi connectivity index (χ0) is 29.0. The summed E-state index contributed by atoms with van der Waals surface area (Å²) in [5.41, 5.74) is 0.107. The van der Waals surface area contributed by atoms with Crippen molar-refractivity contribution in [2.24, 2.45) is 5.92 Å². The van der Waals surface area contributed by atoms with Gasteiger partial charge in [-0.05, 0) is 30.5 Å². The van der Waals surface area contributed by atoms with Gasteiger partial charge in [0.2, 0.25) is 17.7 Å². The lowest BCUT2D eigenvalue weighted by Crippen LogP contribution is -2.53. The predicted octanol–water partition coefficient (Wildman–Crippen LogP) is 1.80. The number of likely N-dealkylation sites (N-methyl/N-ethyl adjacent to an activating group) is 1. The molecule has 0 saturated heterocycles. The van der Waals surface area contributed by atoms with Crippen molar-refractivity contribution in [3.05, 3.63) is 33.8 Å². The smallest absolute Gasteiger partial charge is 0.508 e. The van der Waals surface area contributed by atoms with E-state index in [0.717, 1.165) is 0 Å². The molecule has 0 aliphatic heterocycles. The number of carbonyl (C=O) groups excluding carboxylic acids is 5. The molecule has 0 radical (unpaired) electrons. The Kier molecular flexibility index (Phi) is 14.2. The lowest BCUT2D eigenvalue weighted by molar-refractivity contribution is -0.140. The van der Waals surface area contributed by atoms with Gasteiger partial charge in [0.1, 0.15) is 6.61 Å². The Hall–Kier alpha value is -2.83. The molecule has 0 saturated carbocycles. The van der Waals surface area contributed by atoms with Crippen LogP contribution in [0.3, 0.4) is 0 Å². The van der Waals surface area contributed by atoms with Gasteiger partial charge in [0, 0.05) is 39.6 Å². The molecule has 14 heteroatoms. The Bertz CT molecular complexity index is 1010. The minimum atomic E-state index is -1.31. The molecular formula is C24H35BCl2N4O7. The topological polar surface area (TPSA) is 134 Å². The van der Waals surface area contributed by atoms with Crippen molar-refractivity contribution < 1.29 is 33.3 Å². The first-order chi connectivity index (χ1) is 17.7. The van der Waals surface area contributed by atoms with Crippen molar-refractivity contribution in [3.8, 4) is 0 Å². The average Bonchev–Trinajstić information content (AvgIpc) is 2.83. The van der Waals surface area contributed by atoms with Crippen LogP contribution >= 0.6 is 23.2 Å². The van der Waals surface area contributed by atoms with Gasteiger partial charge in [-0.15, -0.1) is 0 Å². The van der Waals surface area contributed by atoms with Gasteiger partial charge in [-0.25, -0.2) is 0 Å². The van der Waals surface area contributed by atoms with Gasteiger partial charge in [-0.3, -0.25) is 24.0 Å². The Labute approximate surface area is 233 Å². The molecule has 0 unspecified atom stereocenters. The largest absolute Gasteiger partial charge is 0.551 e. The summed E-state index contributed by atoms with van der Waals surface area (Å²) in [6.45, 7) is 2.96. The van der Waals surface area contributed by atoms with Crippen molar-refractivity contribution >= 4 is 59.9 Å². The number of hydrogen-bond acceptors (Lipinski definition) is 7. The number of benzene rings is 1. The van der Waals surface area contributed by atoms with E-state index in [-0.39, 0.29) is 41.2 Å². The van der Waals surface area contributed by atoms with Gasteiger partial charge in [-0.1, -0.05) is 37.0 Å². The second-order valence-electron chi connectivity index (χ2n) is 9.36. The number of carbonyl (C=O) groups is 5. The van der Waals surface area contributed by atoms with Crippen LogP contribution in [0.25, 0.3) is 0 Å². The first-order valence-electron chi connectivity index (χ1n) is 11.9. The third-order valence-corrected chi connectivity index (χ3v) is 5.71. The van der Waals surface area contributed by atoms with E-state index in [1.165, 1.54) is 28.0 Å². The first kappa shape index (κ1) is 33.2. The molecule has 0 bridgehead atoms. The van der Waals surface area contributed by atoms with Crippen LogP contribution in [0.5, 0.6) is 0 Å². The van der Waals surface area contributed by atoms with E-state index in [4.69, 9.17) is 32.5 Å². The molecule has 0 spiro atoms. The van der Waals surface area contributed by atoms with Crippen LogP contribution in [0.2, 0.25) is 10.0 Å². The molecule has 11 nitrogen and oxygen atoms in total. The summed E-state index contributed by atoms with van der Waals surface area (Å²) in [4.78, 5) is 64.3. The van der Waals surface area contributed by atoms with Crippen LogP contribution in [0.15, 0.2) is 18.2 Å². The first-order valence-corrected chi connectivity index (χ1v) is 12.7. The molecule has 0 aromatic heterocycles. The number of amides is 4. The van der Waals surface area contributed by atoms with Crippen LogP contribution in [0.1, 0.15) is 43.5 Å². The highest BCUT2D eigenvalue weighted by molar-refractivity contribution is 6.49. The summed E-state index contributed by atoms with van der Waals surface area (Å²) in [6, 6.07) is 4.38. The monoisotopic (exact) mass is 572 g/mol. The summed E-state index contributed by atoms with van der Waals surface area (Å²) in [6.07, 6.45) is 0.0380. The lowest BCUT2D eigenvalue weighted by Gasteiger charge is -2.26. The van der Waals surface area contributed by atoms with Crippen molar-refractivity contribution in [1.29, 1.82) is 0 Å². The van der Waals surface area contributed by atoms with E-state index >= 15 is 0 Å². The molecule has 0 aliphatic carbocycles. The van der Waals surface area contributed by atoms with Crippen molar-refractivity contribution in [2.45, 2.75) is 39.1 Å². The Morgan fingerprint density at radius 1 is 0.974 bits per heavy atom. The van der Waals surface area contributed by atoms with Crippen molar-refractivity contribution in [1.82, 2.24) is 20.4 Å². The highest BCUT2D eigenvalue weighted by Gasteiger charge is 2.37. The summed E-state index contributed by atoms with van der Waals surface area (Å²) in [5.74, 6) is -3.38. The lowest BCUT2D eigenvalue weighted by atomic mass is 9.73. The van der Waals surface area contributed by atoms with Gasteiger partial charge < -0.3 is 29.7 Å². The highest BCUT2D eigenvalue weighted by Crippen LogP contribution is 2.20. The van der Waals surface area contributed by atoms with Crippen LogP contribution in [0.4, 0.5) is 0 Å². The number of rotatable bonds is 14. The molecule has 0 heterocycles. The Morgan fingerprint density at radius 3 is 2.18 bits per heavy atom. The van der Waals surface area contributed by atoms with Gasteiger partial charge in [-0.2, -0.15) is 0 Å². The van der Waals surface area contributed by atoms with Crippen LogP contribution in [-0.4, -0.2) is 93.8 Å². The minimum absolute atomic E-state index is 0.0322. The van der Waals surface area contributed by atoms with Crippen LogP contribution in [-0.2, 0) is 28.5 Å². The summed E-state index contributed by atoms with van der Waals surface area (Å²) in [7, 11) is 4.91. The zero-order valence-corrected chi connectivity index (χ0v) is 24.0. The Balaban J connectivity index is 2.96. The normalized spacial score (nSPS) is 11.4. The molecule has 0 aliphatic rings. The maximum atomic E-state index is 12.7. The predicted molar refractivity (Wildman–Crippen MR) is 145 cm³/mol. The molecule has 1 rings (SSSR count). The fourth-order valence-electron chi connectivity index (χ4n) is 3.07. The third kappa shape index (κ3) is 12.1. The van der Waals surface area contributed by atoms with Crippen molar-refractivity contribution in [3.63, 3.8) is 0 Å². The maximum Gasteiger partial charge on any atom is 0.551 e. The molecule has 2 N–H and O–H groups in total. The molecule has 210 valence electrons. The van der Waals surface area contributed by atoms with E-state index in [0.29, 0.717) is 11.4 Å². The maximum absolute atomic E-state index is 12.7. The molecule has 0 fully saturated rings. The fourth-order valence-corrected chi connectivity index (χ4v) is 3.44. The van der Waals surface area contributed by atoms with Crippen molar-refractivity contribution in [2.75, 3.05) is 41.3 Å². The SMILES string of the molecule is CC(C)C[C@H](NC(=O)CNC(=O)c1cc(Cl)ccc1Cl)B(OCC(=O)N(C)C)OC(=O)CCC(=O)N(C)C. The van der Waals surface area contributed by atoms with Crippen LogP contribution in [0, 0.1) is 5.92 Å². The molecule has 1 atom stereocenters. The molecule has 38 heavy (non-hydrogen) atoms. The summed E-state index contributed by atoms with van der Waals surface area (Å²) in [5, 5.41) is 5.65. The van der Waals surface area contributed by atoms with Gasteiger partial charge in [0.15, 0.2) is 0 Å². The van der Waals surface area contributed by atoms with E-state index in [1.807, 2.05) is 13.8 Å². The van der Waals surface area contributed by atoms with Gasteiger partial charge in [0.05, 0.1) is 29.5 Å². The average molecular weight is 573 g/mol. The number of hydrogen-bond donors (Lipinski definition) is 2. The molecule has 1 aromatic carbocycles. The second-order valence-corrected chi connectivity index (χ2v) is 10.2. The zero-order valence-electron chi connectivity index (χ0n) is 22.5. The summed E-state index contributed by atoms with van der Waals surface area (Å²) < 4.78 is 11.1. The third-order valence-electron chi connectivity index (χ3n) is 5.14. The fraction of sp³-hybridized carbons (Fsp3) is 0.542. The molecular weight excluding hydrogens is 538 g/mol. The minimum Gasteiger partial charge on any atom is -0.508 e. The van der Waals surface area contributed by atoms with E-state index < -0.39 is 44.0 Å². The number of nitrogens with zero attached hydrogens (tertiary/aromatic N) is 2. The quantitative estimate of drug-likeness (QED) is 0.324. The molecule has 1 aromatic rings. The second kappa shape index (κ2) is 16.2.